The summed E-state index contributed by atoms with van der Waals surface area (Å²) < 4.78 is 10.6. The van der Waals surface area contributed by atoms with Gasteiger partial charge in [-0.15, -0.1) is 10.2 Å². The van der Waals surface area contributed by atoms with Gasteiger partial charge in [-0.2, -0.15) is 0 Å². The van der Waals surface area contributed by atoms with Crippen LogP contribution in [0.1, 0.15) is 11.8 Å². The maximum absolute atomic E-state index is 5.74. The first-order valence-electron chi connectivity index (χ1n) is 4.67. The van der Waals surface area contributed by atoms with E-state index in [0.717, 1.165) is 0 Å². The van der Waals surface area contributed by atoms with Crippen molar-refractivity contribution in [2.45, 2.75) is 13.2 Å². The van der Waals surface area contributed by atoms with Crippen molar-refractivity contribution in [1.82, 2.24) is 10.2 Å². The quantitative estimate of drug-likeness (QED) is 0.880. The monoisotopic (exact) mass is 239 g/mol. The fraction of sp³-hybridized carbons (Fsp3) is 0.200. The van der Waals surface area contributed by atoms with Crippen LogP contribution in [-0.2, 0) is 13.2 Å². The molecule has 0 saturated heterocycles. The van der Waals surface area contributed by atoms with Gasteiger partial charge in [-0.05, 0) is 24.3 Å². The van der Waals surface area contributed by atoms with Crippen molar-refractivity contribution in [3.05, 3.63) is 41.1 Å². The van der Waals surface area contributed by atoms with E-state index in [0.29, 0.717) is 22.6 Å². The maximum Gasteiger partial charge on any atom is 0.253 e. The van der Waals surface area contributed by atoms with Crippen LogP contribution in [0.5, 0.6) is 5.75 Å². The van der Waals surface area contributed by atoms with Crippen LogP contribution in [0, 0.1) is 0 Å². The number of aromatic nitrogens is 2. The van der Waals surface area contributed by atoms with Crippen LogP contribution in [0.15, 0.2) is 28.7 Å². The molecule has 1 heterocycles. The number of hydrogen-bond donors (Lipinski definition) is 1. The number of hydrogen-bond acceptors (Lipinski definition) is 5. The fourth-order valence-corrected chi connectivity index (χ4v) is 1.23. The zero-order valence-electron chi connectivity index (χ0n) is 8.39. The van der Waals surface area contributed by atoms with Crippen molar-refractivity contribution in [2.24, 2.45) is 5.73 Å². The fourth-order valence-electron chi connectivity index (χ4n) is 1.11. The molecule has 1 aromatic heterocycles. The van der Waals surface area contributed by atoms with E-state index in [-0.39, 0.29) is 13.2 Å². The minimum absolute atomic E-state index is 0.217. The Morgan fingerprint density at radius 3 is 2.50 bits per heavy atom. The van der Waals surface area contributed by atoms with Gasteiger partial charge in [0.05, 0.1) is 6.54 Å². The van der Waals surface area contributed by atoms with E-state index in [2.05, 4.69) is 10.2 Å². The lowest BCUT2D eigenvalue weighted by Gasteiger charge is -2.02. The molecule has 0 spiro atoms. The summed E-state index contributed by atoms with van der Waals surface area (Å²) in [5.74, 6) is 1.49. The van der Waals surface area contributed by atoms with Crippen molar-refractivity contribution in [3.8, 4) is 5.75 Å². The third-order valence-electron chi connectivity index (χ3n) is 1.86. The van der Waals surface area contributed by atoms with Gasteiger partial charge < -0.3 is 14.9 Å². The first-order valence-corrected chi connectivity index (χ1v) is 5.05. The summed E-state index contributed by atoms with van der Waals surface area (Å²) in [5.41, 5.74) is 5.34. The molecular formula is C10H10ClN3O2. The maximum atomic E-state index is 5.74. The van der Waals surface area contributed by atoms with Crippen LogP contribution in [-0.4, -0.2) is 10.2 Å². The Morgan fingerprint density at radius 2 is 1.88 bits per heavy atom. The van der Waals surface area contributed by atoms with E-state index in [1.165, 1.54) is 0 Å². The Labute approximate surface area is 97.2 Å². The summed E-state index contributed by atoms with van der Waals surface area (Å²) in [6.45, 7) is 0.447. The van der Waals surface area contributed by atoms with Crippen molar-refractivity contribution in [3.63, 3.8) is 0 Å². The highest BCUT2D eigenvalue weighted by Crippen LogP contribution is 2.16. The molecule has 0 aliphatic rings. The molecule has 6 heteroatoms. The molecule has 0 amide bonds. The average molecular weight is 240 g/mol. The van der Waals surface area contributed by atoms with Gasteiger partial charge in [-0.1, -0.05) is 11.6 Å². The van der Waals surface area contributed by atoms with Gasteiger partial charge in [-0.25, -0.2) is 0 Å². The third-order valence-corrected chi connectivity index (χ3v) is 2.11. The van der Waals surface area contributed by atoms with Gasteiger partial charge in [0, 0.05) is 5.02 Å². The standard InChI is InChI=1S/C10H10ClN3O2/c11-7-1-3-8(4-2-7)15-6-10-14-13-9(5-12)16-10/h1-4H,5-6,12H2. The van der Waals surface area contributed by atoms with Gasteiger partial charge in [0.2, 0.25) is 5.89 Å². The second-order valence-corrected chi connectivity index (χ2v) is 3.47. The number of nitrogens with zero attached hydrogens (tertiary/aromatic N) is 2. The van der Waals surface area contributed by atoms with E-state index >= 15 is 0 Å². The number of nitrogens with two attached hydrogens (primary N) is 1. The van der Waals surface area contributed by atoms with Crippen molar-refractivity contribution >= 4 is 11.6 Å². The van der Waals surface area contributed by atoms with E-state index in [1.54, 1.807) is 24.3 Å². The van der Waals surface area contributed by atoms with Crippen molar-refractivity contribution in [2.75, 3.05) is 0 Å². The van der Waals surface area contributed by atoms with Crippen molar-refractivity contribution in [1.29, 1.82) is 0 Å². The lowest BCUT2D eigenvalue weighted by molar-refractivity contribution is 0.259. The Hall–Kier alpha value is -1.59. The van der Waals surface area contributed by atoms with Gasteiger partial charge in [0.1, 0.15) is 5.75 Å². The molecule has 2 aromatic rings. The first-order chi connectivity index (χ1) is 7.78. The van der Waals surface area contributed by atoms with E-state index in [4.69, 9.17) is 26.5 Å². The highest BCUT2D eigenvalue weighted by Gasteiger charge is 2.04. The number of ether oxygens (including phenoxy) is 1. The average Bonchev–Trinajstić information content (AvgIpc) is 2.76. The Morgan fingerprint density at radius 1 is 1.19 bits per heavy atom. The Kier molecular flexibility index (Phi) is 3.38. The Bertz CT molecular complexity index is 455. The largest absolute Gasteiger partial charge is 0.484 e. The molecule has 0 radical (unpaired) electrons. The number of rotatable bonds is 4. The summed E-state index contributed by atoms with van der Waals surface area (Å²) in [5, 5.41) is 8.15. The molecule has 1 aromatic carbocycles. The molecule has 0 fully saturated rings. The van der Waals surface area contributed by atoms with Crippen LogP contribution < -0.4 is 10.5 Å². The zero-order chi connectivity index (χ0) is 11.4. The van der Waals surface area contributed by atoms with E-state index in [9.17, 15) is 0 Å². The van der Waals surface area contributed by atoms with Crippen LogP contribution in [0.3, 0.4) is 0 Å². The molecule has 2 N–H and O–H groups in total. The third kappa shape index (κ3) is 2.71. The predicted octanol–water partition coefficient (Wildman–Crippen LogP) is 1.76. The minimum atomic E-state index is 0.217. The van der Waals surface area contributed by atoms with E-state index < -0.39 is 0 Å². The smallest absolute Gasteiger partial charge is 0.253 e. The minimum Gasteiger partial charge on any atom is -0.484 e. The molecule has 2 rings (SSSR count). The normalized spacial score (nSPS) is 10.4. The SMILES string of the molecule is NCc1nnc(COc2ccc(Cl)cc2)o1. The van der Waals surface area contributed by atoms with Gasteiger partial charge in [0.25, 0.3) is 5.89 Å². The molecule has 5 nitrogen and oxygen atoms in total. The highest BCUT2D eigenvalue weighted by atomic mass is 35.5. The molecule has 0 saturated carbocycles. The second-order valence-electron chi connectivity index (χ2n) is 3.04. The topological polar surface area (TPSA) is 74.2 Å². The lowest BCUT2D eigenvalue weighted by atomic mass is 10.3. The summed E-state index contributed by atoms with van der Waals surface area (Å²) in [4.78, 5) is 0. The molecule has 16 heavy (non-hydrogen) atoms. The summed E-state index contributed by atoms with van der Waals surface area (Å²) in [6.07, 6.45) is 0. The first kappa shape index (κ1) is 10.9. The molecular weight excluding hydrogens is 230 g/mol. The van der Waals surface area contributed by atoms with Crippen LogP contribution in [0.25, 0.3) is 0 Å². The van der Waals surface area contributed by atoms with E-state index in [1.807, 2.05) is 0 Å². The molecule has 0 aliphatic heterocycles. The predicted molar refractivity (Wildman–Crippen MR) is 58.0 cm³/mol. The number of halogens is 1. The van der Waals surface area contributed by atoms with Crippen LogP contribution in [0.4, 0.5) is 0 Å². The van der Waals surface area contributed by atoms with Crippen LogP contribution >= 0.6 is 11.6 Å². The second kappa shape index (κ2) is 4.96. The molecule has 0 atom stereocenters. The van der Waals surface area contributed by atoms with Crippen molar-refractivity contribution < 1.29 is 9.15 Å². The summed E-state index contributed by atoms with van der Waals surface area (Å²) in [6, 6.07) is 7.02. The lowest BCUT2D eigenvalue weighted by Crippen LogP contribution is -1.96. The van der Waals surface area contributed by atoms with Gasteiger partial charge in [-0.3, -0.25) is 0 Å². The molecule has 84 valence electrons. The zero-order valence-corrected chi connectivity index (χ0v) is 9.15. The van der Waals surface area contributed by atoms with Gasteiger partial charge in [0.15, 0.2) is 6.61 Å². The Balaban J connectivity index is 1.94. The molecule has 0 aliphatic carbocycles. The summed E-state index contributed by atoms with van der Waals surface area (Å²) >= 11 is 5.74. The van der Waals surface area contributed by atoms with Gasteiger partial charge >= 0.3 is 0 Å². The van der Waals surface area contributed by atoms with Crippen LogP contribution in [0.2, 0.25) is 5.02 Å². The highest BCUT2D eigenvalue weighted by molar-refractivity contribution is 6.30. The summed E-state index contributed by atoms with van der Waals surface area (Å²) in [7, 11) is 0. The molecule has 0 bridgehead atoms. The molecule has 0 unspecified atom stereocenters. The number of benzene rings is 1.